The number of carbonyl (C=O) groups is 1. The van der Waals surface area contributed by atoms with Crippen LogP contribution in [-0.2, 0) is 9.84 Å². The quantitative estimate of drug-likeness (QED) is 0.771. The van der Waals surface area contributed by atoms with Crippen LogP contribution in [0, 0.1) is 0 Å². The summed E-state index contributed by atoms with van der Waals surface area (Å²) in [6.07, 6.45) is 5.79. The molecule has 1 aliphatic heterocycles. The zero-order valence-electron chi connectivity index (χ0n) is 12.1. The minimum atomic E-state index is -2.99. The van der Waals surface area contributed by atoms with E-state index in [4.69, 9.17) is 0 Å². The van der Waals surface area contributed by atoms with Crippen molar-refractivity contribution < 1.29 is 13.2 Å². The molecule has 1 aromatic rings. The molecule has 0 spiro atoms. The van der Waals surface area contributed by atoms with E-state index in [1.54, 1.807) is 12.3 Å². The summed E-state index contributed by atoms with van der Waals surface area (Å²) in [5.41, 5.74) is 1.25. The molecule has 7 heteroatoms. The SMILES string of the molecule is CCCCNc1cncc(C(=O)NC2CCS(=O)(=O)C2)c1. The summed E-state index contributed by atoms with van der Waals surface area (Å²) < 4.78 is 22.8. The molecule has 0 aliphatic carbocycles. The topological polar surface area (TPSA) is 88.2 Å². The van der Waals surface area contributed by atoms with Crippen LogP contribution in [0.25, 0.3) is 0 Å². The highest BCUT2D eigenvalue weighted by atomic mass is 32.2. The number of rotatable bonds is 6. The summed E-state index contributed by atoms with van der Waals surface area (Å²) in [5.74, 6) is -0.0983. The number of amides is 1. The van der Waals surface area contributed by atoms with E-state index < -0.39 is 9.84 Å². The van der Waals surface area contributed by atoms with Gasteiger partial charge in [0.05, 0.1) is 22.8 Å². The summed E-state index contributed by atoms with van der Waals surface area (Å²) >= 11 is 0. The van der Waals surface area contributed by atoms with Crippen molar-refractivity contribution in [2.45, 2.75) is 32.2 Å². The maximum absolute atomic E-state index is 12.1. The standard InChI is InChI=1S/C14H21N3O3S/c1-2-3-5-16-13-7-11(8-15-9-13)14(18)17-12-4-6-21(19,20)10-12/h7-9,12,16H,2-6,10H2,1H3,(H,17,18). The van der Waals surface area contributed by atoms with Crippen LogP contribution < -0.4 is 10.6 Å². The summed E-state index contributed by atoms with van der Waals surface area (Å²) in [6, 6.07) is 1.45. The van der Waals surface area contributed by atoms with Crippen LogP contribution in [-0.4, -0.2) is 43.4 Å². The van der Waals surface area contributed by atoms with Crippen LogP contribution in [0.2, 0.25) is 0 Å². The van der Waals surface area contributed by atoms with Crippen molar-refractivity contribution in [2.75, 3.05) is 23.4 Å². The number of unbranched alkanes of at least 4 members (excludes halogenated alkanes) is 1. The van der Waals surface area contributed by atoms with Crippen molar-refractivity contribution in [1.29, 1.82) is 0 Å². The molecule has 0 bridgehead atoms. The Morgan fingerprint density at radius 1 is 1.43 bits per heavy atom. The van der Waals surface area contributed by atoms with Gasteiger partial charge in [-0.25, -0.2) is 8.42 Å². The fraction of sp³-hybridized carbons (Fsp3) is 0.571. The lowest BCUT2D eigenvalue weighted by atomic mass is 10.2. The molecular formula is C14H21N3O3S. The van der Waals surface area contributed by atoms with Gasteiger partial charge in [-0.15, -0.1) is 0 Å². The smallest absolute Gasteiger partial charge is 0.253 e. The number of carbonyl (C=O) groups excluding carboxylic acids is 1. The summed E-state index contributed by atoms with van der Waals surface area (Å²) in [4.78, 5) is 16.2. The predicted octanol–water partition coefficient (Wildman–Crippen LogP) is 1.21. The summed E-state index contributed by atoms with van der Waals surface area (Å²) in [7, 11) is -2.99. The second-order valence-electron chi connectivity index (χ2n) is 5.32. The maximum atomic E-state index is 12.1. The van der Waals surface area contributed by atoms with Crippen LogP contribution in [0.4, 0.5) is 5.69 Å². The molecule has 1 amide bonds. The molecule has 21 heavy (non-hydrogen) atoms. The molecule has 0 radical (unpaired) electrons. The predicted molar refractivity (Wildman–Crippen MR) is 82.2 cm³/mol. The highest BCUT2D eigenvalue weighted by Crippen LogP contribution is 2.13. The molecule has 0 aromatic carbocycles. The lowest BCUT2D eigenvalue weighted by Gasteiger charge is -2.11. The van der Waals surface area contributed by atoms with Crippen molar-refractivity contribution in [1.82, 2.24) is 10.3 Å². The van der Waals surface area contributed by atoms with E-state index in [1.807, 2.05) is 0 Å². The van der Waals surface area contributed by atoms with Gasteiger partial charge < -0.3 is 10.6 Å². The summed E-state index contributed by atoms with van der Waals surface area (Å²) in [5, 5.41) is 5.97. The lowest BCUT2D eigenvalue weighted by Crippen LogP contribution is -2.35. The number of aromatic nitrogens is 1. The zero-order valence-corrected chi connectivity index (χ0v) is 12.9. The largest absolute Gasteiger partial charge is 0.384 e. The van der Waals surface area contributed by atoms with Gasteiger partial charge in [0.15, 0.2) is 9.84 Å². The molecular weight excluding hydrogens is 290 g/mol. The highest BCUT2D eigenvalue weighted by molar-refractivity contribution is 7.91. The normalized spacial score (nSPS) is 20.1. The van der Waals surface area contributed by atoms with E-state index in [-0.39, 0.29) is 23.5 Å². The van der Waals surface area contributed by atoms with E-state index >= 15 is 0 Å². The van der Waals surface area contributed by atoms with E-state index in [2.05, 4.69) is 22.5 Å². The van der Waals surface area contributed by atoms with Gasteiger partial charge >= 0.3 is 0 Å². The number of hydrogen-bond acceptors (Lipinski definition) is 5. The second-order valence-corrected chi connectivity index (χ2v) is 7.54. The van der Waals surface area contributed by atoms with Gasteiger partial charge in [-0.1, -0.05) is 13.3 Å². The lowest BCUT2D eigenvalue weighted by molar-refractivity contribution is 0.0941. The average Bonchev–Trinajstić information content (AvgIpc) is 2.78. The van der Waals surface area contributed by atoms with Gasteiger partial charge in [-0.2, -0.15) is 0 Å². The van der Waals surface area contributed by atoms with Gasteiger partial charge in [-0.05, 0) is 18.9 Å². The van der Waals surface area contributed by atoms with Crippen LogP contribution in [0.3, 0.4) is 0 Å². The minimum Gasteiger partial charge on any atom is -0.384 e. The van der Waals surface area contributed by atoms with E-state index in [0.717, 1.165) is 25.1 Å². The van der Waals surface area contributed by atoms with Crippen molar-refractivity contribution >= 4 is 21.4 Å². The number of anilines is 1. The van der Waals surface area contributed by atoms with Gasteiger partial charge in [0.2, 0.25) is 0 Å². The molecule has 1 unspecified atom stereocenters. The fourth-order valence-corrected chi connectivity index (χ4v) is 3.92. The maximum Gasteiger partial charge on any atom is 0.253 e. The molecule has 1 aromatic heterocycles. The van der Waals surface area contributed by atoms with Gasteiger partial charge in [0.25, 0.3) is 5.91 Å². The first kappa shape index (κ1) is 15.8. The number of hydrogen-bond donors (Lipinski definition) is 2. The monoisotopic (exact) mass is 311 g/mol. The molecule has 0 saturated carbocycles. The molecule has 1 fully saturated rings. The second kappa shape index (κ2) is 6.89. The third-order valence-corrected chi connectivity index (χ3v) is 5.20. The van der Waals surface area contributed by atoms with E-state index in [0.29, 0.717) is 12.0 Å². The molecule has 2 N–H and O–H groups in total. The Morgan fingerprint density at radius 3 is 2.90 bits per heavy atom. The molecule has 116 valence electrons. The highest BCUT2D eigenvalue weighted by Gasteiger charge is 2.29. The first-order valence-electron chi connectivity index (χ1n) is 7.20. The molecule has 1 saturated heterocycles. The van der Waals surface area contributed by atoms with Crippen LogP contribution >= 0.6 is 0 Å². The van der Waals surface area contributed by atoms with E-state index in [1.165, 1.54) is 6.20 Å². The Morgan fingerprint density at radius 2 is 2.24 bits per heavy atom. The van der Waals surface area contributed by atoms with Crippen molar-refractivity contribution in [2.24, 2.45) is 0 Å². The molecule has 2 rings (SSSR count). The molecule has 2 heterocycles. The van der Waals surface area contributed by atoms with Crippen LogP contribution in [0.1, 0.15) is 36.5 Å². The van der Waals surface area contributed by atoms with Crippen LogP contribution in [0.5, 0.6) is 0 Å². The Balaban J connectivity index is 1.94. The minimum absolute atomic E-state index is 0.0284. The Kier molecular flexibility index (Phi) is 5.17. The summed E-state index contributed by atoms with van der Waals surface area (Å²) in [6.45, 7) is 2.95. The number of pyridine rings is 1. The third kappa shape index (κ3) is 4.70. The first-order valence-corrected chi connectivity index (χ1v) is 9.02. The number of sulfone groups is 1. The fourth-order valence-electron chi connectivity index (χ4n) is 2.25. The Hall–Kier alpha value is -1.63. The molecule has 6 nitrogen and oxygen atoms in total. The average molecular weight is 311 g/mol. The van der Waals surface area contributed by atoms with Gasteiger partial charge in [0.1, 0.15) is 0 Å². The van der Waals surface area contributed by atoms with Crippen molar-refractivity contribution in [3.63, 3.8) is 0 Å². The number of nitrogens with zero attached hydrogens (tertiary/aromatic N) is 1. The molecule has 1 aliphatic rings. The molecule has 1 atom stereocenters. The Labute approximate surface area is 125 Å². The van der Waals surface area contributed by atoms with E-state index in [9.17, 15) is 13.2 Å². The Bertz CT molecular complexity index is 601. The van der Waals surface area contributed by atoms with Crippen molar-refractivity contribution in [3.05, 3.63) is 24.0 Å². The third-order valence-electron chi connectivity index (χ3n) is 3.43. The first-order chi connectivity index (χ1) is 10.00. The number of nitrogens with one attached hydrogen (secondary N) is 2. The van der Waals surface area contributed by atoms with Crippen LogP contribution in [0.15, 0.2) is 18.5 Å². The zero-order chi connectivity index (χ0) is 15.3. The van der Waals surface area contributed by atoms with Gasteiger partial charge in [0, 0.05) is 25.0 Å². The van der Waals surface area contributed by atoms with Crippen molar-refractivity contribution in [3.8, 4) is 0 Å². The van der Waals surface area contributed by atoms with Gasteiger partial charge in [-0.3, -0.25) is 9.78 Å².